The molecule has 0 aliphatic rings. The minimum absolute atomic E-state index is 0.293. The highest BCUT2D eigenvalue weighted by atomic mass is 16.9. The third-order valence-corrected chi connectivity index (χ3v) is 3.91. The van der Waals surface area contributed by atoms with Crippen LogP contribution in [0, 0.1) is 0 Å². The summed E-state index contributed by atoms with van der Waals surface area (Å²) in [6, 6.07) is 7.15. The van der Waals surface area contributed by atoms with E-state index in [4.69, 9.17) is 28.4 Å². The first-order valence-electron chi connectivity index (χ1n) is 9.07. The average Bonchev–Trinajstić information content (AvgIpc) is 2.70. The molecule has 0 aliphatic heterocycles. The van der Waals surface area contributed by atoms with Gasteiger partial charge in [0.2, 0.25) is 0 Å². The number of methoxy groups -OCH3 is 2. The van der Waals surface area contributed by atoms with E-state index in [-0.39, 0.29) is 0 Å². The molecule has 0 saturated carbocycles. The maximum absolute atomic E-state index is 6.09. The molecule has 0 bridgehead atoms. The summed E-state index contributed by atoms with van der Waals surface area (Å²) < 4.78 is 34.1. The Balaban J connectivity index is 2.55. The van der Waals surface area contributed by atoms with E-state index in [2.05, 4.69) is 9.97 Å². The normalized spacial score (nSPS) is 15.5. The van der Waals surface area contributed by atoms with Gasteiger partial charge in [0.25, 0.3) is 0 Å². The van der Waals surface area contributed by atoms with Gasteiger partial charge < -0.3 is 28.4 Å². The van der Waals surface area contributed by atoms with Crippen molar-refractivity contribution in [1.29, 1.82) is 0 Å². The van der Waals surface area contributed by atoms with Crippen molar-refractivity contribution in [2.24, 2.45) is 0 Å². The van der Waals surface area contributed by atoms with Gasteiger partial charge in [-0.15, -0.1) is 0 Å². The van der Waals surface area contributed by atoms with E-state index in [1.165, 1.54) is 14.2 Å². The van der Waals surface area contributed by atoms with Crippen molar-refractivity contribution < 1.29 is 28.4 Å². The molecule has 28 heavy (non-hydrogen) atoms. The van der Waals surface area contributed by atoms with Crippen LogP contribution in [0.5, 0.6) is 11.5 Å². The van der Waals surface area contributed by atoms with E-state index in [9.17, 15) is 0 Å². The van der Waals surface area contributed by atoms with Crippen LogP contribution in [0.25, 0.3) is 11.4 Å². The van der Waals surface area contributed by atoms with Crippen LogP contribution < -0.4 is 9.47 Å². The molecular weight excluding hydrogens is 364 g/mol. The molecule has 2 atom stereocenters. The first-order chi connectivity index (χ1) is 13.4. The Morgan fingerprint density at radius 2 is 1.46 bits per heavy atom. The highest BCUT2D eigenvalue weighted by Crippen LogP contribution is 2.40. The fourth-order valence-corrected chi connectivity index (χ4v) is 2.46. The molecule has 8 heteroatoms. The lowest BCUT2D eigenvalue weighted by atomic mass is 10.2. The van der Waals surface area contributed by atoms with Gasteiger partial charge in [0, 0.05) is 46.5 Å². The Hall–Kier alpha value is -2.26. The molecular formula is C20H28N2O6. The summed E-state index contributed by atoms with van der Waals surface area (Å²) in [6.45, 7) is 7.80. The summed E-state index contributed by atoms with van der Waals surface area (Å²) in [6.07, 6.45) is 3.27. The van der Waals surface area contributed by atoms with Crippen molar-refractivity contribution >= 4 is 0 Å². The maximum atomic E-state index is 6.09. The minimum atomic E-state index is -1.35. The van der Waals surface area contributed by atoms with Crippen molar-refractivity contribution in [2.75, 3.05) is 27.4 Å². The Kier molecular flexibility index (Phi) is 7.70. The number of aromatic nitrogens is 2. The number of hydrogen-bond acceptors (Lipinski definition) is 8. The number of pyridine rings is 2. The molecule has 2 aromatic rings. The summed E-state index contributed by atoms with van der Waals surface area (Å²) >= 11 is 0. The average molecular weight is 392 g/mol. The zero-order chi connectivity index (χ0) is 20.6. The van der Waals surface area contributed by atoms with Crippen molar-refractivity contribution in [3.63, 3.8) is 0 Å². The summed E-state index contributed by atoms with van der Waals surface area (Å²) in [4.78, 5) is 8.79. The van der Waals surface area contributed by atoms with E-state index in [0.717, 1.165) is 0 Å². The number of rotatable bonds is 11. The lowest BCUT2D eigenvalue weighted by Crippen LogP contribution is -2.40. The van der Waals surface area contributed by atoms with Gasteiger partial charge in [-0.05, 0) is 26.0 Å². The predicted octanol–water partition coefficient (Wildman–Crippen LogP) is 3.61. The Labute approximate surface area is 165 Å². The third kappa shape index (κ3) is 5.39. The van der Waals surface area contributed by atoms with Crippen LogP contribution in [0.4, 0.5) is 0 Å². The molecule has 154 valence electrons. The maximum Gasteiger partial charge on any atom is 0.323 e. The smallest absolute Gasteiger partial charge is 0.323 e. The van der Waals surface area contributed by atoms with Crippen molar-refractivity contribution in [3.8, 4) is 22.9 Å². The van der Waals surface area contributed by atoms with Gasteiger partial charge in [-0.25, -0.2) is 0 Å². The van der Waals surface area contributed by atoms with Crippen LogP contribution >= 0.6 is 0 Å². The molecule has 0 N–H and O–H groups in total. The second kappa shape index (κ2) is 9.79. The Bertz CT molecular complexity index is 745. The summed E-state index contributed by atoms with van der Waals surface area (Å²) in [7, 11) is 2.99. The van der Waals surface area contributed by atoms with E-state index < -0.39 is 11.9 Å². The molecule has 0 aromatic carbocycles. The molecule has 0 fully saturated rings. The summed E-state index contributed by atoms with van der Waals surface area (Å²) in [5.74, 6) is -2.03. The molecule has 0 spiro atoms. The largest absolute Gasteiger partial charge is 0.435 e. The van der Waals surface area contributed by atoms with Gasteiger partial charge in [-0.2, -0.15) is 0 Å². The van der Waals surface area contributed by atoms with Crippen LogP contribution in [0.15, 0.2) is 36.7 Å². The highest BCUT2D eigenvalue weighted by Gasteiger charge is 2.34. The molecule has 2 heterocycles. The summed E-state index contributed by atoms with van der Waals surface area (Å²) in [5, 5.41) is 0. The standard InChI is InChI=1S/C20H28N2O6/c1-7-25-19(3,23-5)27-16-12-14-22-17(15-11-9-10-13-21-15)18(16)28-20(4,24-6)26-8-2/h9-14H,7-8H2,1-6H3. The first-order valence-corrected chi connectivity index (χ1v) is 9.07. The molecule has 2 unspecified atom stereocenters. The molecule has 0 aliphatic carbocycles. The number of nitrogens with zero attached hydrogens (tertiary/aromatic N) is 2. The Morgan fingerprint density at radius 3 is 2.00 bits per heavy atom. The van der Waals surface area contributed by atoms with E-state index in [0.29, 0.717) is 36.1 Å². The van der Waals surface area contributed by atoms with Crippen molar-refractivity contribution in [1.82, 2.24) is 9.97 Å². The minimum Gasteiger partial charge on any atom is -0.435 e. The van der Waals surface area contributed by atoms with E-state index in [1.807, 2.05) is 32.0 Å². The quantitative estimate of drug-likeness (QED) is 0.537. The van der Waals surface area contributed by atoms with Crippen LogP contribution in [0.2, 0.25) is 0 Å². The number of hydrogen-bond donors (Lipinski definition) is 0. The molecule has 0 saturated heterocycles. The topological polar surface area (TPSA) is 81.2 Å². The van der Waals surface area contributed by atoms with Gasteiger partial charge in [0.15, 0.2) is 11.5 Å². The SMILES string of the molecule is CCOC(C)(OC)Oc1ccnc(-c2ccccn2)c1OC(C)(OC)OCC. The predicted molar refractivity (Wildman–Crippen MR) is 103 cm³/mol. The van der Waals surface area contributed by atoms with Crippen LogP contribution in [0.3, 0.4) is 0 Å². The van der Waals surface area contributed by atoms with Crippen LogP contribution in [-0.2, 0) is 18.9 Å². The third-order valence-electron chi connectivity index (χ3n) is 3.91. The summed E-state index contributed by atoms with van der Waals surface area (Å²) in [5.41, 5.74) is 1.07. The first kappa shape index (κ1) is 22.0. The molecule has 8 nitrogen and oxygen atoms in total. The number of ether oxygens (including phenoxy) is 6. The molecule has 0 radical (unpaired) electrons. The van der Waals surface area contributed by atoms with E-state index in [1.54, 1.807) is 32.3 Å². The molecule has 0 amide bonds. The van der Waals surface area contributed by atoms with E-state index >= 15 is 0 Å². The zero-order valence-corrected chi connectivity index (χ0v) is 17.2. The fourth-order valence-electron chi connectivity index (χ4n) is 2.46. The van der Waals surface area contributed by atoms with Gasteiger partial charge in [0.1, 0.15) is 5.69 Å². The lowest BCUT2D eigenvalue weighted by molar-refractivity contribution is -0.328. The molecule has 2 rings (SSSR count). The van der Waals surface area contributed by atoms with Crippen molar-refractivity contribution in [3.05, 3.63) is 36.7 Å². The lowest BCUT2D eigenvalue weighted by Gasteiger charge is -2.32. The van der Waals surface area contributed by atoms with Crippen LogP contribution in [0.1, 0.15) is 27.7 Å². The van der Waals surface area contributed by atoms with Gasteiger partial charge >= 0.3 is 11.9 Å². The van der Waals surface area contributed by atoms with Gasteiger partial charge in [-0.1, -0.05) is 6.07 Å². The van der Waals surface area contributed by atoms with Gasteiger partial charge in [-0.3, -0.25) is 9.97 Å². The highest BCUT2D eigenvalue weighted by molar-refractivity contribution is 5.66. The second-order valence-corrected chi connectivity index (χ2v) is 5.90. The second-order valence-electron chi connectivity index (χ2n) is 5.90. The van der Waals surface area contributed by atoms with Crippen LogP contribution in [-0.4, -0.2) is 49.3 Å². The van der Waals surface area contributed by atoms with Gasteiger partial charge in [0.05, 0.1) is 18.9 Å². The monoisotopic (exact) mass is 392 g/mol. The van der Waals surface area contributed by atoms with Crippen molar-refractivity contribution in [2.45, 2.75) is 39.6 Å². The fraction of sp³-hybridized carbons (Fsp3) is 0.500. The zero-order valence-electron chi connectivity index (χ0n) is 17.2. The Morgan fingerprint density at radius 1 is 0.821 bits per heavy atom. The molecule has 2 aromatic heterocycles.